The highest BCUT2D eigenvalue weighted by Crippen LogP contribution is 2.34. The average Bonchev–Trinajstić information content (AvgIpc) is 2.86. The lowest BCUT2D eigenvalue weighted by atomic mass is 10.2. The summed E-state index contributed by atoms with van der Waals surface area (Å²) in [6.45, 7) is 0. The van der Waals surface area contributed by atoms with Crippen LogP contribution in [0.2, 0.25) is 0 Å². The molecule has 0 amide bonds. The van der Waals surface area contributed by atoms with Crippen LogP contribution < -0.4 is 9.64 Å². The molecule has 0 spiro atoms. The molecular weight excluding hydrogens is 253 g/mol. The number of benzene rings is 1. The summed E-state index contributed by atoms with van der Waals surface area (Å²) in [4.78, 5) is 6.31. The molecule has 18 heavy (non-hydrogen) atoms. The van der Waals surface area contributed by atoms with Gasteiger partial charge in [-0.15, -0.1) is 0 Å². The van der Waals surface area contributed by atoms with E-state index in [0.29, 0.717) is 21.4 Å². The van der Waals surface area contributed by atoms with Crippen molar-refractivity contribution >= 4 is 22.2 Å². The number of ether oxygens (including phenoxy) is 1. The molecule has 0 saturated heterocycles. The van der Waals surface area contributed by atoms with Gasteiger partial charge in [-0.3, -0.25) is 0 Å². The van der Waals surface area contributed by atoms with Crippen molar-refractivity contribution in [3.63, 3.8) is 0 Å². The molecule has 0 N–H and O–H groups in total. The first-order chi connectivity index (χ1) is 8.65. The topological polar surface area (TPSA) is 49.1 Å². The second-order valence-electron chi connectivity index (χ2n) is 3.49. The molecule has 92 valence electrons. The number of hydrogen-bond donors (Lipinski definition) is 0. The van der Waals surface area contributed by atoms with E-state index in [4.69, 9.17) is 10.00 Å². The largest absolute Gasteiger partial charge is 0.495 e. The number of halogens is 1. The van der Waals surface area contributed by atoms with E-state index in [1.54, 1.807) is 18.0 Å². The van der Waals surface area contributed by atoms with E-state index < -0.39 is 0 Å². The summed E-state index contributed by atoms with van der Waals surface area (Å²) in [6.07, 6.45) is 1.49. The monoisotopic (exact) mass is 263 g/mol. The van der Waals surface area contributed by atoms with Gasteiger partial charge in [0, 0.05) is 13.1 Å². The quantitative estimate of drug-likeness (QED) is 0.854. The molecule has 0 atom stereocenters. The smallest absolute Gasteiger partial charge is 0.190 e. The van der Waals surface area contributed by atoms with Crippen molar-refractivity contribution in [2.24, 2.45) is 0 Å². The van der Waals surface area contributed by atoms with Gasteiger partial charge < -0.3 is 9.64 Å². The molecule has 0 bridgehead atoms. The van der Waals surface area contributed by atoms with E-state index in [1.165, 1.54) is 36.8 Å². The minimum atomic E-state index is -0.352. The minimum absolute atomic E-state index is 0.352. The Labute approximate surface area is 108 Å². The Balaban J connectivity index is 2.41. The Morgan fingerprint density at radius 1 is 1.50 bits per heavy atom. The average molecular weight is 263 g/mol. The predicted octanol–water partition coefficient (Wildman–Crippen LogP) is 2.93. The van der Waals surface area contributed by atoms with Gasteiger partial charge >= 0.3 is 0 Å². The third-order valence-electron chi connectivity index (χ3n) is 2.39. The van der Waals surface area contributed by atoms with Gasteiger partial charge in [0.25, 0.3) is 0 Å². The summed E-state index contributed by atoms with van der Waals surface area (Å²) in [5.41, 5.74) is 0.566. The fourth-order valence-corrected chi connectivity index (χ4v) is 2.19. The van der Waals surface area contributed by atoms with E-state index in [0.717, 1.165) is 0 Å². The minimum Gasteiger partial charge on any atom is -0.495 e. The number of aromatic nitrogens is 1. The van der Waals surface area contributed by atoms with Crippen LogP contribution >= 0.6 is 11.3 Å². The third kappa shape index (κ3) is 2.26. The Hall–Kier alpha value is -2.13. The van der Waals surface area contributed by atoms with Crippen molar-refractivity contribution in [3.8, 4) is 11.8 Å². The highest BCUT2D eigenvalue weighted by atomic mass is 32.1. The molecule has 0 saturated carbocycles. The van der Waals surface area contributed by atoms with Crippen LogP contribution in [-0.2, 0) is 0 Å². The second kappa shape index (κ2) is 5.02. The number of nitrogens with zero attached hydrogens (tertiary/aromatic N) is 3. The van der Waals surface area contributed by atoms with Crippen molar-refractivity contribution in [2.75, 3.05) is 19.1 Å². The molecule has 1 aromatic carbocycles. The van der Waals surface area contributed by atoms with Crippen LogP contribution in [0, 0.1) is 17.1 Å². The van der Waals surface area contributed by atoms with Crippen molar-refractivity contribution in [1.82, 2.24) is 4.98 Å². The first-order valence-corrected chi connectivity index (χ1v) is 5.90. The Bertz CT molecular complexity index is 606. The number of nitriles is 1. The maximum Gasteiger partial charge on any atom is 0.190 e. The molecule has 4 nitrogen and oxygen atoms in total. The zero-order valence-electron chi connectivity index (χ0n) is 9.85. The van der Waals surface area contributed by atoms with Gasteiger partial charge in [-0.2, -0.15) is 5.26 Å². The van der Waals surface area contributed by atoms with Crippen LogP contribution in [0.3, 0.4) is 0 Å². The molecule has 2 aromatic rings. The fraction of sp³-hybridized carbons (Fsp3) is 0.167. The van der Waals surface area contributed by atoms with Crippen molar-refractivity contribution < 1.29 is 9.13 Å². The van der Waals surface area contributed by atoms with Gasteiger partial charge in [0.05, 0.1) is 19.0 Å². The molecule has 0 aliphatic rings. The molecule has 1 aromatic heterocycles. The highest BCUT2D eigenvalue weighted by molar-refractivity contribution is 7.16. The first kappa shape index (κ1) is 12.3. The number of anilines is 2. The fourth-order valence-electron chi connectivity index (χ4n) is 1.50. The molecule has 1 heterocycles. The molecule has 6 heteroatoms. The molecule has 0 unspecified atom stereocenters. The predicted molar refractivity (Wildman–Crippen MR) is 67.8 cm³/mol. The molecule has 2 rings (SSSR count). The van der Waals surface area contributed by atoms with Crippen LogP contribution in [0.4, 0.5) is 15.2 Å². The van der Waals surface area contributed by atoms with Gasteiger partial charge in [-0.25, -0.2) is 9.37 Å². The van der Waals surface area contributed by atoms with Crippen LogP contribution in [0.25, 0.3) is 0 Å². The maximum absolute atomic E-state index is 13.3. The van der Waals surface area contributed by atoms with Gasteiger partial charge in [0.1, 0.15) is 22.5 Å². The Morgan fingerprint density at radius 2 is 2.28 bits per heavy atom. The molecular formula is C12H10FN3OS. The van der Waals surface area contributed by atoms with E-state index in [9.17, 15) is 4.39 Å². The lowest BCUT2D eigenvalue weighted by Crippen LogP contribution is -2.10. The summed E-state index contributed by atoms with van der Waals surface area (Å²) < 4.78 is 18.5. The summed E-state index contributed by atoms with van der Waals surface area (Å²) in [6, 6.07) is 6.27. The number of hydrogen-bond acceptors (Lipinski definition) is 5. The van der Waals surface area contributed by atoms with E-state index in [1.807, 2.05) is 6.07 Å². The van der Waals surface area contributed by atoms with E-state index >= 15 is 0 Å². The van der Waals surface area contributed by atoms with Gasteiger partial charge in [0.2, 0.25) is 0 Å². The van der Waals surface area contributed by atoms with Gasteiger partial charge in [-0.1, -0.05) is 11.3 Å². The van der Waals surface area contributed by atoms with Gasteiger partial charge in [0.15, 0.2) is 5.13 Å². The standard InChI is InChI=1S/C12H10FN3OS/c1-16(12-15-7-9(6-14)18-12)10-5-8(13)3-4-11(10)17-2/h3-5,7H,1-2H3. The normalized spacial score (nSPS) is 9.89. The summed E-state index contributed by atoms with van der Waals surface area (Å²) in [5.74, 6) is 0.197. The zero-order chi connectivity index (χ0) is 13.1. The first-order valence-electron chi connectivity index (χ1n) is 5.09. The summed E-state index contributed by atoms with van der Waals surface area (Å²) in [7, 11) is 3.27. The Morgan fingerprint density at radius 3 is 2.89 bits per heavy atom. The van der Waals surface area contributed by atoms with Crippen LogP contribution in [0.1, 0.15) is 4.88 Å². The van der Waals surface area contributed by atoms with Crippen LogP contribution in [0.15, 0.2) is 24.4 Å². The van der Waals surface area contributed by atoms with Crippen LogP contribution in [0.5, 0.6) is 5.75 Å². The zero-order valence-corrected chi connectivity index (χ0v) is 10.7. The lowest BCUT2D eigenvalue weighted by Gasteiger charge is -2.18. The van der Waals surface area contributed by atoms with Gasteiger partial charge in [-0.05, 0) is 12.1 Å². The molecule has 0 fully saturated rings. The third-order valence-corrected chi connectivity index (χ3v) is 3.37. The maximum atomic E-state index is 13.3. The molecule has 0 aliphatic heterocycles. The molecule has 0 radical (unpaired) electrons. The number of methoxy groups -OCH3 is 1. The highest BCUT2D eigenvalue weighted by Gasteiger charge is 2.14. The van der Waals surface area contributed by atoms with E-state index in [2.05, 4.69) is 4.98 Å². The summed E-state index contributed by atoms with van der Waals surface area (Å²) in [5, 5.41) is 9.37. The van der Waals surface area contributed by atoms with Crippen molar-refractivity contribution in [2.45, 2.75) is 0 Å². The summed E-state index contributed by atoms with van der Waals surface area (Å²) >= 11 is 1.24. The number of thiazole rings is 1. The van der Waals surface area contributed by atoms with E-state index in [-0.39, 0.29) is 5.82 Å². The lowest BCUT2D eigenvalue weighted by molar-refractivity contribution is 0.414. The number of rotatable bonds is 3. The second-order valence-corrected chi connectivity index (χ2v) is 4.50. The molecule has 0 aliphatic carbocycles. The SMILES string of the molecule is COc1ccc(F)cc1N(C)c1ncc(C#N)s1. The van der Waals surface area contributed by atoms with Crippen molar-refractivity contribution in [1.29, 1.82) is 5.26 Å². The Kier molecular flexibility index (Phi) is 3.44. The van der Waals surface area contributed by atoms with Crippen molar-refractivity contribution in [3.05, 3.63) is 35.1 Å². The van der Waals surface area contributed by atoms with Crippen LogP contribution in [-0.4, -0.2) is 19.1 Å².